The predicted octanol–water partition coefficient (Wildman–Crippen LogP) is 1.91. The van der Waals surface area contributed by atoms with Crippen molar-refractivity contribution in [3.8, 4) is 0 Å². The average Bonchev–Trinajstić information content (AvgIpc) is 2.26. The number of carbonyl (C=O) groups is 1. The Labute approximate surface area is 117 Å². The van der Waals surface area contributed by atoms with Crippen molar-refractivity contribution in [3.63, 3.8) is 0 Å². The number of carboxylic acid groups (broad SMARTS) is 1. The zero-order chi connectivity index (χ0) is 15.5. The highest BCUT2D eigenvalue weighted by atomic mass is 32.2. The van der Waals surface area contributed by atoms with Crippen molar-refractivity contribution in [2.75, 3.05) is 0 Å². The van der Waals surface area contributed by atoms with Gasteiger partial charge in [0.25, 0.3) is 0 Å². The standard InChI is InChI=1S/C13H18FNO4S/c1-8(2)6-11(13(16)17)15-20(18,19)12-5-4-10(14)7-9(12)3/h4-5,7-8,11,15H,6H2,1-3H3,(H,16,17)/t11-/m0/s1. The molecule has 7 heteroatoms. The van der Waals surface area contributed by atoms with E-state index in [2.05, 4.69) is 4.72 Å². The van der Waals surface area contributed by atoms with Crippen molar-refractivity contribution in [3.05, 3.63) is 29.6 Å². The van der Waals surface area contributed by atoms with Crippen LogP contribution in [0.3, 0.4) is 0 Å². The molecule has 0 aromatic heterocycles. The van der Waals surface area contributed by atoms with Crippen molar-refractivity contribution >= 4 is 16.0 Å². The van der Waals surface area contributed by atoms with Crippen LogP contribution in [0.4, 0.5) is 4.39 Å². The average molecular weight is 303 g/mol. The molecule has 0 bridgehead atoms. The minimum atomic E-state index is -4.00. The molecule has 112 valence electrons. The Morgan fingerprint density at radius 2 is 2.00 bits per heavy atom. The van der Waals surface area contributed by atoms with Gasteiger partial charge in [-0.15, -0.1) is 0 Å². The van der Waals surface area contributed by atoms with E-state index < -0.39 is 27.9 Å². The molecule has 0 aliphatic rings. The van der Waals surface area contributed by atoms with Gasteiger partial charge in [0.15, 0.2) is 0 Å². The first-order chi connectivity index (χ1) is 9.13. The van der Waals surface area contributed by atoms with E-state index in [1.165, 1.54) is 6.92 Å². The third kappa shape index (κ3) is 4.28. The summed E-state index contributed by atoms with van der Waals surface area (Å²) in [4.78, 5) is 11.0. The second-order valence-corrected chi connectivity index (χ2v) is 6.73. The topological polar surface area (TPSA) is 83.5 Å². The van der Waals surface area contributed by atoms with Crippen LogP contribution in [0.2, 0.25) is 0 Å². The summed E-state index contributed by atoms with van der Waals surface area (Å²) in [6.07, 6.45) is 0.175. The molecular formula is C13H18FNO4S. The number of halogens is 1. The van der Waals surface area contributed by atoms with Crippen LogP contribution in [0.5, 0.6) is 0 Å². The molecule has 0 unspecified atom stereocenters. The second kappa shape index (κ2) is 6.32. The molecular weight excluding hydrogens is 285 g/mol. The SMILES string of the molecule is Cc1cc(F)ccc1S(=O)(=O)N[C@@H](CC(C)C)C(=O)O. The predicted molar refractivity (Wildman–Crippen MR) is 72.3 cm³/mol. The first kappa shape index (κ1) is 16.6. The van der Waals surface area contributed by atoms with Crippen molar-refractivity contribution in [2.24, 2.45) is 5.92 Å². The van der Waals surface area contributed by atoms with Gasteiger partial charge in [0.05, 0.1) is 4.90 Å². The molecule has 1 aromatic rings. The summed E-state index contributed by atoms with van der Waals surface area (Å²) in [6.45, 7) is 5.05. The number of hydrogen-bond donors (Lipinski definition) is 2. The normalized spacial score (nSPS) is 13.4. The van der Waals surface area contributed by atoms with Crippen LogP contribution in [-0.4, -0.2) is 25.5 Å². The minimum Gasteiger partial charge on any atom is -0.480 e. The lowest BCUT2D eigenvalue weighted by atomic mass is 10.1. The van der Waals surface area contributed by atoms with Crippen molar-refractivity contribution < 1.29 is 22.7 Å². The quantitative estimate of drug-likeness (QED) is 0.841. The van der Waals surface area contributed by atoms with Gasteiger partial charge in [-0.2, -0.15) is 4.72 Å². The summed E-state index contributed by atoms with van der Waals surface area (Å²) < 4.78 is 39.5. The zero-order valence-electron chi connectivity index (χ0n) is 11.6. The molecule has 0 amide bonds. The summed E-state index contributed by atoms with van der Waals surface area (Å²) in [5.74, 6) is -1.76. The molecule has 2 N–H and O–H groups in total. The van der Waals surface area contributed by atoms with Crippen LogP contribution in [-0.2, 0) is 14.8 Å². The van der Waals surface area contributed by atoms with E-state index >= 15 is 0 Å². The number of nitrogens with one attached hydrogen (secondary N) is 1. The molecule has 0 aliphatic heterocycles. The maximum atomic E-state index is 13.0. The highest BCUT2D eigenvalue weighted by Crippen LogP contribution is 2.17. The van der Waals surface area contributed by atoms with Crippen LogP contribution < -0.4 is 4.72 Å². The molecule has 0 fully saturated rings. The maximum Gasteiger partial charge on any atom is 0.321 e. The largest absolute Gasteiger partial charge is 0.480 e. The first-order valence-corrected chi connectivity index (χ1v) is 7.63. The highest BCUT2D eigenvalue weighted by Gasteiger charge is 2.27. The molecule has 0 saturated carbocycles. The smallest absolute Gasteiger partial charge is 0.321 e. The Balaban J connectivity index is 3.06. The molecule has 20 heavy (non-hydrogen) atoms. The van der Waals surface area contributed by atoms with Crippen LogP contribution >= 0.6 is 0 Å². The Kier molecular flexibility index (Phi) is 5.24. The summed E-state index contributed by atoms with van der Waals surface area (Å²) in [5.41, 5.74) is 0.228. The molecule has 5 nitrogen and oxygen atoms in total. The van der Waals surface area contributed by atoms with Crippen LogP contribution in [0.25, 0.3) is 0 Å². The van der Waals surface area contributed by atoms with E-state index in [0.29, 0.717) is 0 Å². The molecule has 0 heterocycles. The fourth-order valence-electron chi connectivity index (χ4n) is 1.84. The highest BCUT2D eigenvalue weighted by molar-refractivity contribution is 7.89. The molecule has 0 radical (unpaired) electrons. The number of hydrogen-bond acceptors (Lipinski definition) is 3. The maximum absolute atomic E-state index is 13.0. The number of aliphatic carboxylic acids is 1. The fourth-order valence-corrected chi connectivity index (χ4v) is 3.26. The Hall–Kier alpha value is -1.47. The Bertz CT molecular complexity index is 598. The lowest BCUT2D eigenvalue weighted by molar-refractivity contribution is -0.139. The van der Waals surface area contributed by atoms with E-state index in [-0.39, 0.29) is 22.8 Å². The van der Waals surface area contributed by atoms with Crippen LogP contribution in [0.1, 0.15) is 25.8 Å². The van der Waals surface area contributed by atoms with E-state index in [1.54, 1.807) is 13.8 Å². The van der Waals surface area contributed by atoms with Gasteiger partial charge in [0.2, 0.25) is 10.0 Å². The third-order valence-electron chi connectivity index (χ3n) is 2.73. The molecule has 1 aromatic carbocycles. The summed E-state index contributed by atoms with van der Waals surface area (Å²) >= 11 is 0. The third-order valence-corrected chi connectivity index (χ3v) is 4.36. The fraction of sp³-hybridized carbons (Fsp3) is 0.462. The minimum absolute atomic E-state index is 0.0214. The lowest BCUT2D eigenvalue weighted by Crippen LogP contribution is -2.41. The monoisotopic (exact) mass is 303 g/mol. The zero-order valence-corrected chi connectivity index (χ0v) is 12.4. The van der Waals surface area contributed by atoms with Crippen LogP contribution in [0, 0.1) is 18.7 Å². The van der Waals surface area contributed by atoms with Gasteiger partial charge in [-0.3, -0.25) is 4.79 Å². The van der Waals surface area contributed by atoms with E-state index in [1.807, 2.05) is 0 Å². The van der Waals surface area contributed by atoms with Crippen LogP contribution in [0.15, 0.2) is 23.1 Å². The summed E-state index contributed by atoms with van der Waals surface area (Å²) in [6, 6.07) is 2.04. The number of aryl methyl sites for hydroxylation is 1. The molecule has 0 saturated heterocycles. The molecule has 1 atom stereocenters. The number of rotatable bonds is 6. The Morgan fingerprint density at radius 3 is 2.45 bits per heavy atom. The van der Waals surface area contributed by atoms with Gasteiger partial charge in [-0.1, -0.05) is 13.8 Å². The second-order valence-electron chi connectivity index (χ2n) is 5.05. The first-order valence-electron chi connectivity index (χ1n) is 6.14. The van der Waals surface area contributed by atoms with E-state index in [0.717, 1.165) is 18.2 Å². The van der Waals surface area contributed by atoms with Gasteiger partial charge in [-0.25, -0.2) is 12.8 Å². The lowest BCUT2D eigenvalue weighted by Gasteiger charge is -2.17. The molecule has 1 rings (SSSR count). The van der Waals surface area contributed by atoms with Gasteiger partial charge in [-0.05, 0) is 43.0 Å². The molecule has 0 spiro atoms. The van der Waals surface area contributed by atoms with E-state index in [9.17, 15) is 17.6 Å². The van der Waals surface area contributed by atoms with Crippen molar-refractivity contribution in [2.45, 2.75) is 38.1 Å². The Morgan fingerprint density at radius 1 is 1.40 bits per heavy atom. The number of benzene rings is 1. The summed E-state index contributed by atoms with van der Waals surface area (Å²) in [5, 5.41) is 9.06. The van der Waals surface area contributed by atoms with Crippen molar-refractivity contribution in [1.82, 2.24) is 4.72 Å². The van der Waals surface area contributed by atoms with Gasteiger partial charge in [0, 0.05) is 0 Å². The molecule has 0 aliphatic carbocycles. The number of carboxylic acids is 1. The summed E-state index contributed by atoms with van der Waals surface area (Å²) in [7, 11) is -4.00. The van der Waals surface area contributed by atoms with Gasteiger partial charge >= 0.3 is 5.97 Å². The number of sulfonamides is 1. The van der Waals surface area contributed by atoms with Crippen molar-refractivity contribution in [1.29, 1.82) is 0 Å². The van der Waals surface area contributed by atoms with E-state index in [4.69, 9.17) is 5.11 Å². The van der Waals surface area contributed by atoms with Gasteiger partial charge < -0.3 is 5.11 Å². The van der Waals surface area contributed by atoms with Gasteiger partial charge in [0.1, 0.15) is 11.9 Å².